The summed E-state index contributed by atoms with van der Waals surface area (Å²) in [5.74, 6) is 0.751. The van der Waals surface area contributed by atoms with Crippen LogP contribution in [-0.4, -0.2) is 43.1 Å². The summed E-state index contributed by atoms with van der Waals surface area (Å²) < 4.78 is 19.2. The van der Waals surface area contributed by atoms with Crippen molar-refractivity contribution in [3.8, 4) is 5.75 Å². The van der Waals surface area contributed by atoms with Gasteiger partial charge >= 0.3 is 0 Å². The second kappa shape index (κ2) is 5.39. The molecule has 3 aliphatic rings. The number of carbonyl (C=O) groups excluding carboxylic acids is 1. The van der Waals surface area contributed by atoms with Crippen LogP contribution in [-0.2, 0) is 0 Å². The van der Waals surface area contributed by atoms with Gasteiger partial charge in [-0.15, -0.1) is 0 Å². The van der Waals surface area contributed by atoms with Gasteiger partial charge in [-0.2, -0.15) is 0 Å². The van der Waals surface area contributed by atoms with Gasteiger partial charge in [0.1, 0.15) is 18.2 Å². The lowest BCUT2D eigenvalue weighted by atomic mass is 9.96. The number of benzene rings is 1. The number of piperidine rings is 1. The first-order valence-electron chi connectivity index (χ1n) is 7.85. The van der Waals surface area contributed by atoms with Crippen LogP contribution in [0.2, 0.25) is 0 Å². The molecule has 116 valence electrons. The van der Waals surface area contributed by atoms with Crippen LogP contribution in [0, 0.1) is 5.92 Å². The first kappa shape index (κ1) is 13.8. The van der Waals surface area contributed by atoms with Gasteiger partial charge < -0.3 is 15.0 Å². The van der Waals surface area contributed by atoms with Gasteiger partial charge in [-0.05, 0) is 49.6 Å². The summed E-state index contributed by atoms with van der Waals surface area (Å²) in [7, 11) is 0. The van der Waals surface area contributed by atoms with E-state index in [1.54, 1.807) is 18.2 Å². The fourth-order valence-electron chi connectivity index (χ4n) is 3.73. The molecule has 2 fully saturated rings. The third-order valence-electron chi connectivity index (χ3n) is 4.80. The molecule has 0 aromatic heterocycles. The summed E-state index contributed by atoms with van der Waals surface area (Å²) in [6, 6.07) is 5.14. The zero-order chi connectivity index (χ0) is 15.1. The smallest absolute Gasteiger partial charge is 0.251 e. The van der Waals surface area contributed by atoms with E-state index >= 15 is 0 Å². The molecule has 4 nitrogen and oxygen atoms in total. The van der Waals surface area contributed by atoms with Crippen molar-refractivity contribution >= 4 is 11.7 Å². The van der Waals surface area contributed by atoms with E-state index in [4.69, 9.17) is 4.74 Å². The average Bonchev–Trinajstić information content (AvgIpc) is 2.86. The number of halogens is 1. The van der Waals surface area contributed by atoms with Crippen molar-refractivity contribution in [1.29, 1.82) is 0 Å². The molecule has 3 aliphatic heterocycles. The molecule has 0 aliphatic carbocycles. The molecule has 3 atom stereocenters. The quantitative estimate of drug-likeness (QED) is 0.911. The van der Waals surface area contributed by atoms with Crippen molar-refractivity contribution in [2.75, 3.05) is 26.2 Å². The Morgan fingerprint density at radius 1 is 1.36 bits per heavy atom. The van der Waals surface area contributed by atoms with E-state index in [-0.39, 0.29) is 24.4 Å². The minimum atomic E-state index is -0.322. The topological polar surface area (TPSA) is 41.6 Å². The van der Waals surface area contributed by atoms with Crippen LogP contribution in [0.4, 0.5) is 4.39 Å². The Morgan fingerprint density at radius 3 is 3.14 bits per heavy atom. The van der Waals surface area contributed by atoms with Crippen molar-refractivity contribution in [1.82, 2.24) is 10.2 Å². The zero-order valence-corrected chi connectivity index (χ0v) is 12.3. The van der Waals surface area contributed by atoms with E-state index in [1.165, 1.54) is 19.0 Å². The van der Waals surface area contributed by atoms with Crippen LogP contribution in [0.5, 0.6) is 5.75 Å². The van der Waals surface area contributed by atoms with Gasteiger partial charge in [-0.25, -0.2) is 4.39 Å². The third-order valence-corrected chi connectivity index (χ3v) is 4.80. The van der Waals surface area contributed by atoms with Gasteiger partial charge in [0.25, 0.3) is 5.91 Å². The van der Waals surface area contributed by atoms with E-state index in [0.29, 0.717) is 22.8 Å². The van der Waals surface area contributed by atoms with Crippen LogP contribution < -0.4 is 10.1 Å². The lowest BCUT2D eigenvalue weighted by Gasteiger charge is -2.30. The molecule has 2 bridgehead atoms. The maximum absolute atomic E-state index is 13.8. The van der Waals surface area contributed by atoms with E-state index in [0.717, 1.165) is 19.5 Å². The van der Waals surface area contributed by atoms with Crippen LogP contribution in [0.3, 0.4) is 0 Å². The SMILES string of the molecule is O=C(N[C@@H]1C[C@@H]2CCN(C2)C1)c1ccc2c(c1)C(F)=CCO2. The van der Waals surface area contributed by atoms with Crippen molar-refractivity contribution in [3.63, 3.8) is 0 Å². The van der Waals surface area contributed by atoms with Crippen molar-refractivity contribution in [3.05, 3.63) is 35.4 Å². The minimum absolute atomic E-state index is 0.131. The van der Waals surface area contributed by atoms with Gasteiger partial charge in [-0.3, -0.25) is 4.79 Å². The lowest BCUT2D eigenvalue weighted by molar-refractivity contribution is 0.0909. The summed E-state index contributed by atoms with van der Waals surface area (Å²) >= 11 is 0. The molecule has 0 radical (unpaired) electrons. The monoisotopic (exact) mass is 302 g/mol. The second-order valence-electron chi connectivity index (χ2n) is 6.39. The molecular weight excluding hydrogens is 283 g/mol. The number of rotatable bonds is 2. The van der Waals surface area contributed by atoms with Crippen LogP contribution in [0.25, 0.3) is 5.83 Å². The van der Waals surface area contributed by atoms with Crippen LogP contribution >= 0.6 is 0 Å². The molecular formula is C17H19FN2O2. The predicted molar refractivity (Wildman–Crippen MR) is 81.4 cm³/mol. The summed E-state index contributed by atoms with van der Waals surface area (Å²) in [5, 5.41) is 3.09. The van der Waals surface area contributed by atoms with Crippen LogP contribution in [0.15, 0.2) is 24.3 Å². The van der Waals surface area contributed by atoms with Gasteiger partial charge in [0.15, 0.2) is 0 Å². The first-order chi connectivity index (χ1) is 10.7. The van der Waals surface area contributed by atoms with Gasteiger partial charge in [0.2, 0.25) is 0 Å². The molecule has 1 N–H and O–H groups in total. The number of amides is 1. The van der Waals surface area contributed by atoms with Crippen molar-refractivity contribution in [2.24, 2.45) is 5.92 Å². The van der Waals surface area contributed by atoms with Gasteiger partial charge in [0.05, 0.1) is 5.56 Å². The van der Waals surface area contributed by atoms with E-state index in [2.05, 4.69) is 10.2 Å². The largest absolute Gasteiger partial charge is 0.489 e. The van der Waals surface area contributed by atoms with Crippen molar-refractivity contribution < 1.29 is 13.9 Å². The Bertz CT molecular complexity index is 632. The molecule has 2 saturated heterocycles. The highest BCUT2D eigenvalue weighted by molar-refractivity contribution is 5.95. The Morgan fingerprint density at radius 2 is 2.27 bits per heavy atom. The van der Waals surface area contributed by atoms with Gasteiger partial charge in [0, 0.05) is 24.7 Å². The number of hydrogen-bond acceptors (Lipinski definition) is 3. The normalized spacial score (nSPS) is 29.3. The van der Waals surface area contributed by atoms with E-state index in [1.807, 2.05) is 0 Å². The lowest BCUT2D eigenvalue weighted by Crippen LogP contribution is -2.47. The molecule has 4 rings (SSSR count). The highest BCUT2D eigenvalue weighted by atomic mass is 19.1. The molecule has 0 saturated carbocycles. The summed E-state index contributed by atoms with van der Waals surface area (Å²) in [6.07, 6.45) is 3.67. The average molecular weight is 302 g/mol. The van der Waals surface area contributed by atoms with E-state index in [9.17, 15) is 9.18 Å². The van der Waals surface area contributed by atoms with Crippen LogP contribution in [0.1, 0.15) is 28.8 Å². The Kier molecular flexibility index (Phi) is 3.37. The number of nitrogens with zero attached hydrogens (tertiary/aromatic N) is 1. The molecule has 0 spiro atoms. The number of fused-ring (bicyclic) bond motifs is 3. The molecule has 1 aromatic carbocycles. The number of carbonyl (C=O) groups is 1. The predicted octanol–water partition coefficient (Wildman–Crippen LogP) is 2.21. The molecule has 1 aromatic rings. The fourth-order valence-corrected chi connectivity index (χ4v) is 3.73. The van der Waals surface area contributed by atoms with Crippen molar-refractivity contribution in [2.45, 2.75) is 18.9 Å². The molecule has 22 heavy (non-hydrogen) atoms. The molecule has 1 amide bonds. The minimum Gasteiger partial charge on any atom is -0.489 e. The number of ether oxygens (including phenoxy) is 1. The highest BCUT2D eigenvalue weighted by Gasteiger charge is 2.33. The molecule has 1 unspecified atom stereocenters. The highest BCUT2D eigenvalue weighted by Crippen LogP contribution is 2.31. The van der Waals surface area contributed by atoms with E-state index < -0.39 is 0 Å². The summed E-state index contributed by atoms with van der Waals surface area (Å²) in [4.78, 5) is 14.8. The maximum Gasteiger partial charge on any atom is 0.251 e. The molecule has 5 heteroatoms. The third kappa shape index (κ3) is 2.50. The standard InChI is InChI=1S/C17H19FN2O2/c18-15-4-6-22-16-2-1-12(8-14(15)16)17(21)19-13-7-11-3-5-20(9-11)10-13/h1-2,4,8,11,13H,3,5-7,9-10H2,(H,19,21)/t11-,13+/m0/s1. The Hall–Kier alpha value is -1.88. The second-order valence-corrected chi connectivity index (χ2v) is 6.39. The maximum atomic E-state index is 13.8. The first-order valence-corrected chi connectivity index (χ1v) is 7.85. The fraction of sp³-hybridized carbons (Fsp3) is 0.471. The Balaban J connectivity index is 1.49. The number of hydrogen-bond donors (Lipinski definition) is 1. The van der Waals surface area contributed by atoms with Gasteiger partial charge in [-0.1, -0.05) is 0 Å². The zero-order valence-electron chi connectivity index (χ0n) is 12.3. The Labute approximate surface area is 128 Å². The summed E-state index contributed by atoms with van der Waals surface area (Å²) in [5.41, 5.74) is 0.854. The summed E-state index contributed by atoms with van der Waals surface area (Å²) in [6.45, 7) is 3.47. The number of nitrogens with one attached hydrogen (secondary N) is 1. The molecule has 3 heterocycles.